The molecule has 0 saturated carbocycles. The summed E-state index contributed by atoms with van der Waals surface area (Å²) in [6.07, 6.45) is 3.12. The fourth-order valence-corrected chi connectivity index (χ4v) is 4.17. The highest BCUT2D eigenvalue weighted by atomic mass is 16.5. The third-order valence-electron chi connectivity index (χ3n) is 6.14. The van der Waals surface area contributed by atoms with Crippen molar-refractivity contribution in [2.75, 3.05) is 45.3 Å². The zero-order chi connectivity index (χ0) is 24.6. The molecule has 1 atom stereocenters. The van der Waals surface area contributed by atoms with Gasteiger partial charge < -0.3 is 20.1 Å². The number of benzene rings is 2. The Bertz CT molecular complexity index is 1150. The molecule has 2 aromatic carbocycles. The van der Waals surface area contributed by atoms with E-state index in [1.54, 1.807) is 37.7 Å². The van der Waals surface area contributed by atoms with Gasteiger partial charge in [-0.1, -0.05) is 24.3 Å². The SMILES string of the molecule is COc1ccc(C(CNC(=O)c2cccc(C)c2NC(=O)c2ccncc2)N2CCOCC2)cc1. The quantitative estimate of drug-likeness (QED) is 0.520. The highest BCUT2D eigenvalue weighted by Crippen LogP contribution is 2.25. The number of carbonyl (C=O) groups is 2. The molecule has 3 aromatic rings. The molecule has 0 spiro atoms. The van der Waals surface area contributed by atoms with Crippen molar-refractivity contribution in [1.82, 2.24) is 15.2 Å². The predicted octanol–water partition coefficient (Wildman–Crippen LogP) is 3.45. The zero-order valence-corrected chi connectivity index (χ0v) is 20.0. The van der Waals surface area contributed by atoms with Crippen molar-refractivity contribution in [3.63, 3.8) is 0 Å². The topological polar surface area (TPSA) is 92.8 Å². The molecule has 8 heteroatoms. The van der Waals surface area contributed by atoms with Gasteiger partial charge >= 0.3 is 0 Å². The lowest BCUT2D eigenvalue weighted by Crippen LogP contribution is -2.43. The Morgan fingerprint density at radius 2 is 1.74 bits per heavy atom. The maximum atomic E-state index is 13.3. The van der Waals surface area contributed by atoms with Crippen LogP contribution in [-0.4, -0.2) is 61.7 Å². The van der Waals surface area contributed by atoms with Crippen molar-refractivity contribution in [1.29, 1.82) is 0 Å². The first-order chi connectivity index (χ1) is 17.1. The highest BCUT2D eigenvalue weighted by Gasteiger charge is 2.24. The Hall–Kier alpha value is -3.75. The molecule has 35 heavy (non-hydrogen) atoms. The Kier molecular flexibility index (Phi) is 8.07. The van der Waals surface area contributed by atoms with Gasteiger partial charge in [-0.2, -0.15) is 0 Å². The molecule has 0 bridgehead atoms. The first-order valence-corrected chi connectivity index (χ1v) is 11.6. The van der Waals surface area contributed by atoms with Gasteiger partial charge in [0, 0.05) is 37.6 Å². The average molecular weight is 475 g/mol. The average Bonchev–Trinajstić information content (AvgIpc) is 2.91. The normalized spacial score (nSPS) is 14.7. The lowest BCUT2D eigenvalue weighted by Gasteiger charge is -2.35. The van der Waals surface area contributed by atoms with Crippen LogP contribution in [0.4, 0.5) is 5.69 Å². The first kappa shape index (κ1) is 24.4. The van der Waals surface area contributed by atoms with Gasteiger partial charge in [0.15, 0.2) is 0 Å². The number of aromatic nitrogens is 1. The Labute approximate surface area is 205 Å². The second kappa shape index (κ2) is 11.6. The molecule has 1 unspecified atom stereocenters. The van der Waals surface area contributed by atoms with Gasteiger partial charge in [0.05, 0.1) is 37.6 Å². The van der Waals surface area contributed by atoms with Crippen LogP contribution < -0.4 is 15.4 Å². The second-order valence-corrected chi connectivity index (χ2v) is 8.33. The smallest absolute Gasteiger partial charge is 0.255 e. The number of para-hydroxylation sites is 1. The van der Waals surface area contributed by atoms with E-state index in [9.17, 15) is 9.59 Å². The number of rotatable bonds is 8. The van der Waals surface area contributed by atoms with Gasteiger partial charge in [0.1, 0.15) is 5.75 Å². The molecule has 4 rings (SSSR count). The van der Waals surface area contributed by atoms with Gasteiger partial charge in [-0.05, 0) is 48.4 Å². The van der Waals surface area contributed by atoms with Gasteiger partial charge in [-0.15, -0.1) is 0 Å². The maximum absolute atomic E-state index is 13.3. The minimum atomic E-state index is -0.292. The minimum Gasteiger partial charge on any atom is -0.497 e. The third kappa shape index (κ3) is 6.03. The lowest BCUT2D eigenvalue weighted by molar-refractivity contribution is 0.0162. The van der Waals surface area contributed by atoms with Crippen LogP contribution in [0.1, 0.15) is 37.9 Å². The summed E-state index contributed by atoms with van der Waals surface area (Å²) in [5.74, 6) is 0.249. The molecule has 0 radical (unpaired) electrons. The third-order valence-corrected chi connectivity index (χ3v) is 6.14. The lowest BCUT2D eigenvalue weighted by atomic mass is 10.0. The van der Waals surface area contributed by atoms with Gasteiger partial charge in [-0.3, -0.25) is 19.5 Å². The molecular weight excluding hydrogens is 444 g/mol. The number of amides is 2. The molecule has 2 amide bonds. The summed E-state index contributed by atoms with van der Waals surface area (Å²) < 4.78 is 10.8. The van der Waals surface area contributed by atoms with E-state index in [1.165, 1.54) is 0 Å². The summed E-state index contributed by atoms with van der Waals surface area (Å²) in [5.41, 5.74) is 3.28. The van der Waals surface area contributed by atoms with E-state index in [1.807, 2.05) is 43.3 Å². The summed E-state index contributed by atoms with van der Waals surface area (Å²) >= 11 is 0. The molecule has 1 fully saturated rings. The van der Waals surface area contributed by atoms with E-state index in [-0.39, 0.29) is 17.9 Å². The first-order valence-electron chi connectivity index (χ1n) is 11.6. The number of nitrogens with one attached hydrogen (secondary N) is 2. The Morgan fingerprint density at radius 3 is 2.43 bits per heavy atom. The molecule has 1 aromatic heterocycles. The van der Waals surface area contributed by atoms with Crippen molar-refractivity contribution in [3.05, 3.63) is 89.2 Å². The molecule has 1 saturated heterocycles. The summed E-state index contributed by atoms with van der Waals surface area (Å²) in [7, 11) is 1.64. The van der Waals surface area contributed by atoms with Crippen molar-refractivity contribution in [2.45, 2.75) is 13.0 Å². The fourth-order valence-electron chi connectivity index (χ4n) is 4.17. The van der Waals surface area contributed by atoms with Crippen LogP contribution in [-0.2, 0) is 4.74 Å². The van der Waals surface area contributed by atoms with Crippen molar-refractivity contribution in [2.24, 2.45) is 0 Å². The fraction of sp³-hybridized carbons (Fsp3) is 0.296. The summed E-state index contributed by atoms with van der Waals surface area (Å²) in [4.78, 5) is 32.3. The maximum Gasteiger partial charge on any atom is 0.255 e. The number of pyridine rings is 1. The van der Waals surface area contributed by atoms with Gasteiger partial charge in [-0.25, -0.2) is 0 Å². The van der Waals surface area contributed by atoms with E-state index in [0.717, 1.165) is 30.0 Å². The molecule has 1 aliphatic heterocycles. The van der Waals surface area contributed by atoms with Crippen LogP contribution in [0.15, 0.2) is 67.0 Å². The number of carbonyl (C=O) groups excluding carboxylic acids is 2. The number of hydrogen-bond donors (Lipinski definition) is 2. The second-order valence-electron chi connectivity index (χ2n) is 8.33. The molecule has 0 aliphatic carbocycles. The summed E-state index contributed by atoms with van der Waals surface area (Å²) in [5, 5.41) is 5.99. The number of aryl methyl sites for hydroxylation is 1. The molecule has 2 heterocycles. The Morgan fingerprint density at radius 1 is 1.03 bits per heavy atom. The summed E-state index contributed by atoms with van der Waals surface area (Å²) in [6.45, 7) is 5.16. The monoisotopic (exact) mass is 474 g/mol. The van der Waals surface area contributed by atoms with E-state index < -0.39 is 0 Å². The molecule has 1 aliphatic rings. The number of hydrogen-bond acceptors (Lipinski definition) is 6. The van der Waals surface area contributed by atoms with Crippen LogP contribution >= 0.6 is 0 Å². The zero-order valence-electron chi connectivity index (χ0n) is 20.0. The highest BCUT2D eigenvalue weighted by molar-refractivity contribution is 6.09. The van der Waals surface area contributed by atoms with Gasteiger partial charge in [0.25, 0.3) is 11.8 Å². The van der Waals surface area contributed by atoms with E-state index in [4.69, 9.17) is 9.47 Å². The molecular formula is C27H30N4O4. The molecule has 8 nitrogen and oxygen atoms in total. The Balaban J connectivity index is 1.52. The molecule has 2 N–H and O–H groups in total. The van der Waals surface area contributed by atoms with Crippen LogP contribution in [0.3, 0.4) is 0 Å². The largest absolute Gasteiger partial charge is 0.497 e. The molecule has 182 valence electrons. The van der Waals surface area contributed by atoms with Crippen LogP contribution in [0.2, 0.25) is 0 Å². The van der Waals surface area contributed by atoms with Gasteiger partial charge in [0.2, 0.25) is 0 Å². The number of nitrogens with zero attached hydrogens (tertiary/aromatic N) is 2. The number of anilines is 1. The number of ether oxygens (including phenoxy) is 2. The standard InChI is InChI=1S/C27H30N4O4/c1-19-4-3-5-23(25(19)30-26(32)21-10-12-28-13-11-21)27(33)29-18-24(31-14-16-35-17-15-31)20-6-8-22(34-2)9-7-20/h3-13,24H,14-18H2,1-2H3,(H,29,33)(H,30,32). The number of morpholine rings is 1. The number of methoxy groups -OCH3 is 1. The van der Waals surface area contributed by atoms with Crippen LogP contribution in [0.25, 0.3) is 0 Å². The van der Waals surface area contributed by atoms with Crippen LogP contribution in [0, 0.1) is 6.92 Å². The van der Waals surface area contributed by atoms with E-state index in [2.05, 4.69) is 20.5 Å². The van der Waals surface area contributed by atoms with Crippen molar-refractivity contribution < 1.29 is 19.1 Å². The summed E-state index contributed by atoms with van der Waals surface area (Å²) in [6, 6.07) is 16.6. The predicted molar refractivity (Wildman–Crippen MR) is 134 cm³/mol. The minimum absolute atomic E-state index is 0.0200. The van der Waals surface area contributed by atoms with E-state index in [0.29, 0.717) is 36.6 Å². The van der Waals surface area contributed by atoms with Crippen molar-refractivity contribution >= 4 is 17.5 Å². The van der Waals surface area contributed by atoms with Crippen LogP contribution in [0.5, 0.6) is 5.75 Å². The van der Waals surface area contributed by atoms with Crippen molar-refractivity contribution in [3.8, 4) is 5.75 Å². The van der Waals surface area contributed by atoms with E-state index >= 15 is 0 Å².